The zero-order valence-corrected chi connectivity index (χ0v) is 19.6. The fraction of sp³-hybridized carbons (Fsp3) is 0.407. The number of aromatic amines is 1. The molecule has 6 heteroatoms. The van der Waals surface area contributed by atoms with Crippen molar-refractivity contribution in [3.63, 3.8) is 0 Å². The van der Waals surface area contributed by atoms with Crippen LogP contribution in [-0.2, 0) is 16.0 Å². The summed E-state index contributed by atoms with van der Waals surface area (Å²) in [6.07, 6.45) is 3.88. The van der Waals surface area contributed by atoms with Crippen LogP contribution in [0.3, 0.4) is 0 Å². The van der Waals surface area contributed by atoms with E-state index < -0.39 is 12.1 Å². The van der Waals surface area contributed by atoms with Gasteiger partial charge in [-0.05, 0) is 36.5 Å². The molecule has 0 spiro atoms. The predicted molar refractivity (Wildman–Crippen MR) is 130 cm³/mol. The lowest BCUT2D eigenvalue weighted by Gasteiger charge is -2.31. The number of ether oxygens (including phenoxy) is 1. The maximum absolute atomic E-state index is 13.7. The van der Waals surface area contributed by atoms with E-state index in [4.69, 9.17) is 4.74 Å². The van der Waals surface area contributed by atoms with Crippen molar-refractivity contribution in [1.82, 2.24) is 15.2 Å². The second kappa shape index (κ2) is 10.1. The highest BCUT2D eigenvalue weighted by molar-refractivity contribution is 5.92. The normalized spacial score (nSPS) is 18.2. The van der Waals surface area contributed by atoms with Gasteiger partial charge in [0, 0.05) is 35.8 Å². The number of unbranched alkanes of at least 4 members (excludes halogenated alkanes) is 1. The SMILES string of the molecule is CCCCNC(=O)C1c2ccccc2OC(C(C)C)C(=O)N1CCc1c[nH]c2ccccc12. The summed E-state index contributed by atoms with van der Waals surface area (Å²) in [6.45, 7) is 7.06. The maximum atomic E-state index is 13.7. The van der Waals surface area contributed by atoms with E-state index in [1.165, 1.54) is 0 Å². The van der Waals surface area contributed by atoms with Gasteiger partial charge in [0.1, 0.15) is 11.8 Å². The minimum absolute atomic E-state index is 0.0250. The largest absolute Gasteiger partial charge is 0.480 e. The van der Waals surface area contributed by atoms with Crippen LogP contribution in [0.1, 0.15) is 50.8 Å². The van der Waals surface area contributed by atoms with Gasteiger partial charge < -0.3 is 19.9 Å². The summed E-state index contributed by atoms with van der Waals surface area (Å²) in [7, 11) is 0. The fourth-order valence-electron chi connectivity index (χ4n) is 4.47. The van der Waals surface area contributed by atoms with E-state index in [0.717, 1.165) is 34.9 Å². The number of hydrogen-bond acceptors (Lipinski definition) is 3. The number of nitrogens with zero attached hydrogens (tertiary/aromatic N) is 1. The van der Waals surface area contributed by atoms with Crippen LogP contribution < -0.4 is 10.1 Å². The van der Waals surface area contributed by atoms with Crippen molar-refractivity contribution in [2.75, 3.05) is 13.1 Å². The molecular weight excluding hydrogens is 414 g/mol. The average molecular weight is 448 g/mol. The topological polar surface area (TPSA) is 74.4 Å². The molecule has 0 saturated carbocycles. The molecule has 0 saturated heterocycles. The molecule has 33 heavy (non-hydrogen) atoms. The van der Waals surface area contributed by atoms with E-state index in [-0.39, 0.29) is 17.7 Å². The first-order valence-electron chi connectivity index (χ1n) is 11.9. The minimum atomic E-state index is -0.723. The Labute approximate surface area is 195 Å². The van der Waals surface area contributed by atoms with E-state index in [9.17, 15) is 9.59 Å². The van der Waals surface area contributed by atoms with E-state index >= 15 is 0 Å². The highest BCUT2D eigenvalue weighted by atomic mass is 16.5. The lowest BCUT2D eigenvalue weighted by atomic mass is 10.0. The van der Waals surface area contributed by atoms with Gasteiger partial charge in [-0.1, -0.05) is 63.6 Å². The summed E-state index contributed by atoms with van der Waals surface area (Å²) in [5.41, 5.74) is 2.93. The van der Waals surface area contributed by atoms with Crippen LogP contribution in [0.5, 0.6) is 5.75 Å². The Bertz CT molecular complexity index is 1120. The lowest BCUT2D eigenvalue weighted by molar-refractivity contribution is -0.146. The fourth-order valence-corrected chi connectivity index (χ4v) is 4.47. The van der Waals surface area contributed by atoms with Gasteiger partial charge in [0.05, 0.1) is 0 Å². The van der Waals surface area contributed by atoms with Gasteiger partial charge in [0.2, 0.25) is 5.91 Å². The van der Waals surface area contributed by atoms with Crippen molar-refractivity contribution < 1.29 is 14.3 Å². The van der Waals surface area contributed by atoms with Gasteiger partial charge in [-0.3, -0.25) is 9.59 Å². The first kappa shape index (κ1) is 22.9. The van der Waals surface area contributed by atoms with Crippen molar-refractivity contribution in [3.8, 4) is 5.75 Å². The van der Waals surface area contributed by atoms with Crippen molar-refractivity contribution in [2.24, 2.45) is 5.92 Å². The summed E-state index contributed by atoms with van der Waals surface area (Å²) in [5.74, 6) is 0.283. The molecule has 174 valence electrons. The smallest absolute Gasteiger partial charge is 0.264 e. The molecule has 1 aromatic heterocycles. The zero-order valence-electron chi connectivity index (χ0n) is 19.6. The summed E-state index contributed by atoms with van der Waals surface area (Å²) in [5, 5.41) is 4.18. The van der Waals surface area contributed by atoms with Gasteiger partial charge >= 0.3 is 0 Å². The number of carbonyl (C=O) groups excluding carboxylic acids is 2. The molecule has 0 aliphatic carbocycles. The summed E-state index contributed by atoms with van der Waals surface area (Å²) in [4.78, 5) is 32.2. The lowest BCUT2D eigenvalue weighted by Crippen LogP contribution is -2.49. The number of para-hydroxylation sites is 2. The van der Waals surface area contributed by atoms with E-state index in [0.29, 0.717) is 25.3 Å². The van der Waals surface area contributed by atoms with Gasteiger partial charge in [0.25, 0.3) is 5.91 Å². The Kier molecular flexibility index (Phi) is 7.02. The standard InChI is InChI=1S/C27H33N3O3/c1-4-5-15-28-26(31)24-21-11-7-9-13-23(21)33-25(18(2)3)27(32)30(24)16-14-19-17-29-22-12-8-6-10-20(19)22/h6-13,17-18,24-25,29H,4-5,14-16H2,1-3H3,(H,28,31). The molecule has 2 heterocycles. The van der Waals surface area contributed by atoms with Crippen molar-refractivity contribution in [2.45, 2.75) is 52.2 Å². The molecule has 0 bridgehead atoms. The summed E-state index contributed by atoms with van der Waals surface area (Å²) >= 11 is 0. The van der Waals surface area contributed by atoms with Gasteiger partial charge in [0.15, 0.2) is 6.10 Å². The third-order valence-electron chi connectivity index (χ3n) is 6.29. The van der Waals surface area contributed by atoms with Crippen LogP contribution in [0.15, 0.2) is 54.7 Å². The Morgan fingerprint density at radius 3 is 2.70 bits per heavy atom. The molecule has 1 aliphatic heterocycles. The molecule has 2 aromatic carbocycles. The van der Waals surface area contributed by atoms with Crippen LogP contribution in [0.2, 0.25) is 0 Å². The number of amides is 2. The molecular formula is C27H33N3O3. The molecule has 2 N–H and O–H groups in total. The van der Waals surface area contributed by atoms with Crippen molar-refractivity contribution in [1.29, 1.82) is 0 Å². The second-order valence-electron chi connectivity index (χ2n) is 9.01. The molecule has 0 fully saturated rings. The van der Waals surface area contributed by atoms with Crippen molar-refractivity contribution >= 4 is 22.7 Å². The van der Waals surface area contributed by atoms with Crippen molar-refractivity contribution in [3.05, 3.63) is 65.9 Å². The van der Waals surface area contributed by atoms with E-state index in [1.807, 2.05) is 62.5 Å². The summed E-state index contributed by atoms with van der Waals surface area (Å²) in [6, 6.07) is 14.9. The van der Waals surface area contributed by atoms with E-state index in [2.05, 4.69) is 23.3 Å². The quantitative estimate of drug-likeness (QED) is 0.495. The van der Waals surface area contributed by atoms with Gasteiger partial charge in [-0.25, -0.2) is 0 Å². The minimum Gasteiger partial charge on any atom is -0.480 e. The monoisotopic (exact) mass is 447 g/mol. The van der Waals surface area contributed by atoms with Crippen LogP contribution in [0.25, 0.3) is 10.9 Å². The third-order valence-corrected chi connectivity index (χ3v) is 6.29. The Morgan fingerprint density at radius 1 is 1.15 bits per heavy atom. The van der Waals surface area contributed by atoms with E-state index in [1.54, 1.807) is 4.90 Å². The van der Waals surface area contributed by atoms with Gasteiger partial charge in [-0.2, -0.15) is 0 Å². The first-order valence-corrected chi connectivity index (χ1v) is 11.9. The molecule has 3 aromatic rings. The van der Waals surface area contributed by atoms with Crippen LogP contribution in [0.4, 0.5) is 0 Å². The van der Waals surface area contributed by atoms with Crippen LogP contribution >= 0.6 is 0 Å². The number of H-pyrrole nitrogens is 1. The third kappa shape index (κ3) is 4.75. The Hall–Kier alpha value is -3.28. The molecule has 2 amide bonds. The molecule has 1 aliphatic rings. The highest BCUT2D eigenvalue weighted by Gasteiger charge is 2.41. The van der Waals surface area contributed by atoms with Gasteiger partial charge in [-0.15, -0.1) is 0 Å². The molecule has 4 rings (SSSR count). The van der Waals surface area contributed by atoms with Crippen LogP contribution in [-0.4, -0.2) is 40.9 Å². The number of fused-ring (bicyclic) bond motifs is 2. The molecule has 6 nitrogen and oxygen atoms in total. The zero-order chi connectivity index (χ0) is 23.4. The summed E-state index contributed by atoms with van der Waals surface area (Å²) < 4.78 is 6.20. The van der Waals surface area contributed by atoms with Crippen LogP contribution in [0, 0.1) is 5.92 Å². The molecule has 0 radical (unpaired) electrons. The average Bonchev–Trinajstić information content (AvgIpc) is 3.17. The number of carbonyl (C=O) groups is 2. The second-order valence-corrected chi connectivity index (χ2v) is 9.01. The number of nitrogens with one attached hydrogen (secondary N) is 2. The number of hydrogen-bond donors (Lipinski definition) is 2. The highest BCUT2D eigenvalue weighted by Crippen LogP contribution is 2.36. The Morgan fingerprint density at radius 2 is 1.91 bits per heavy atom. The number of benzene rings is 2. The number of aromatic nitrogens is 1. The number of rotatable bonds is 8. The molecule has 2 atom stereocenters. The predicted octanol–water partition coefficient (Wildman–Crippen LogP) is 4.61. The molecule has 2 unspecified atom stereocenters. The Balaban J connectivity index is 1.70. The first-order chi connectivity index (χ1) is 16.0. The maximum Gasteiger partial charge on any atom is 0.264 e.